The molecule has 2 heterocycles. The van der Waals surface area contributed by atoms with Crippen LogP contribution in [0.25, 0.3) is 10.4 Å². The highest BCUT2D eigenvalue weighted by Crippen LogP contribution is 2.37. The number of carbonyl (C=O) groups excluding carboxylic acids is 1. The molecule has 1 N–H and O–H groups in total. The number of hydrogen-bond donors (Lipinski definition) is 1. The average molecular weight is 409 g/mol. The molecule has 0 amide bonds. The Hall–Kier alpha value is -2.70. The number of fused-ring (bicyclic) bond motifs is 1. The van der Waals surface area contributed by atoms with E-state index in [0.29, 0.717) is 15.7 Å². The number of thiophene rings is 1. The molecule has 4 nitrogen and oxygen atoms in total. The summed E-state index contributed by atoms with van der Waals surface area (Å²) in [5.74, 6) is -0.376. The van der Waals surface area contributed by atoms with Crippen LogP contribution in [0.2, 0.25) is 0 Å². The monoisotopic (exact) mass is 408 g/mol. The summed E-state index contributed by atoms with van der Waals surface area (Å²) in [5.41, 5.74) is 3.95. The van der Waals surface area contributed by atoms with E-state index in [4.69, 9.17) is 17.0 Å². The highest BCUT2D eigenvalue weighted by atomic mass is 32.1. The zero-order valence-corrected chi connectivity index (χ0v) is 17.3. The van der Waals surface area contributed by atoms with Gasteiger partial charge in [-0.25, -0.2) is 4.79 Å². The second kappa shape index (κ2) is 7.73. The lowest BCUT2D eigenvalue weighted by Crippen LogP contribution is -2.38. The van der Waals surface area contributed by atoms with Crippen molar-refractivity contribution in [1.29, 1.82) is 0 Å². The van der Waals surface area contributed by atoms with E-state index in [1.54, 1.807) is 0 Å². The summed E-state index contributed by atoms with van der Waals surface area (Å²) in [6.45, 7) is 2.15. The summed E-state index contributed by atoms with van der Waals surface area (Å²) in [6, 6.07) is 20.4. The van der Waals surface area contributed by atoms with Crippen LogP contribution >= 0.6 is 23.6 Å². The number of carbonyl (C=O) groups is 1. The molecule has 0 saturated heterocycles. The van der Waals surface area contributed by atoms with Gasteiger partial charge in [0, 0.05) is 16.6 Å². The Morgan fingerprint density at radius 2 is 1.89 bits per heavy atom. The number of para-hydroxylation sites is 1. The van der Waals surface area contributed by atoms with E-state index in [9.17, 15) is 4.79 Å². The topological polar surface area (TPSA) is 41.6 Å². The molecule has 3 aromatic rings. The molecule has 0 fully saturated rings. The summed E-state index contributed by atoms with van der Waals surface area (Å²) < 4.78 is 4.98. The number of methoxy groups -OCH3 is 1. The second-order valence-electron chi connectivity index (χ2n) is 6.69. The predicted molar refractivity (Wildman–Crippen MR) is 119 cm³/mol. The van der Waals surface area contributed by atoms with Gasteiger partial charge in [0.05, 0.1) is 12.7 Å². The van der Waals surface area contributed by atoms with Crippen LogP contribution in [-0.2, 0) is 11.2 Å². The standard InChI is InChI=1S/C22H20N2O2S2/c1-14-12-16-10-6-7-11-18(16)24(14)22(27)23-20-17(21(25)26-2)13-19(28-20)15-8-4-3-5-9-15/h3-11,13-14H,12H2,1-2H3,(H,23,27)/t14-/m0/s1. The van der Waals surface area contributed by atoms with Gasteiger partial charge in [-0.2, -0.15) is 0 Å². The van der Waals surface area contributed by atoms with Gasteiger partial charge >= 0.3 is 5.97 Å². The third-order valence-corrected chi connectivity index (χ3v) is 6.24. The van der Waals surface area contributed by atoms with Gasteiger partial charge in [0.2, 0.25) is 0 Å². The maximum atomic E-state index is 12.3. The zero-order valence-electron chi connectivity index (χ0n) is 15.6. The molecule has 1 aliphatic heterocycles. The van der Waals surface area contributed by atoms with Gasteiger partial charge in [0.1, 0.15) is 5.00 Å². The summed E-state index contributed by atoms with van der Waals surface area (Å²) in [4.78, 5) is 15.4. The predicted octanol–water partition coefficient (Wildman–Crippen LogP) is 5.35. The van der Waals surface area contributed by atoms with Crippen molar-refractivity contribution in [1.82, 2.24) is 0 Å². The number of benzene rings is 2. The van der Waals surface area contributed by atoms with Gasteiger partial charge in [-0.05, 0) is 48.8 Å². The number of hydrogen-bond acceptors (Lipinski definition) is 4. The van der Waals surface area contributed by atoms with Gasteiger partial charge in [-0.15, -0.1) is 11.3 Å². The van der Waals surface area contributed by atoms with E-state index in [-0.39, 0.29) is 12.0 Å². The fourth-order valence-electron chi connectivity index (χ4n) is 3.52. The molecule has 142 valence electrons. The van der Waals surface area contributed by atoms with Crippen molar-refractivity contribution < 1.29 is 9.53 Å². The first kappa shape index (κ1) is 18.7. The van der Waals surface area contributed by atoms with Crippen LogP contribution in [-0.4, -0.2) is 24.2 Å². The second-order valence-corrected chi connectivity index (χ2v) is 8.13. The molecule has 0 aliphatic carbocycles. The van der Waals surface area contributed by atoms with E-state index in [1.165, 1.54) is 24.0 Å². The van der Waals surface area contributed by atoms with E-state index in [2.05, 4.69) is 29.3 Å². The van der Waals surface area contributed by atoms with E-state index >= 15 is 0 Å². The Labute approximate surface area is 173 Å². The van der Waals surface area contributed by atoms with E-state index < -0.39 is 0 Å². The third kappa shape index (κ3) is 3.41. The molecular weight excluding hydrogens is 388 g/mol. The molecular formula is C22H20N2O2S2. The summed E-state index contributed by atoms with van der Waals surface area (Å²) in [7, 11) is 1.39. The summed E-state index contributed by atoms with van der Waals surface area (Å²) in [5, 5.41) is 4.59. The van der Waals surface area contributed by atoms with Crippen molar-refractivity contribution in [2.75, 3.05) is 17.3 Å². The van der Waals surface area contributed by atoms with Crippen molar-refractivity contribution in [2.45, 2.75) is 19.4 Å². The average Bonchev–Trinajstić information content (AvgIpc) is 3.28. The molecule has 0 saturated carbocycles. The molecule has 2 aromatic carbocycles. The van der Waals surface area contributed by atoms with Crippen molar-refractivity contribution in [3.63, 3.8) is 0 Å². The van der Waals surface area contributed by atoms with Crippen LogP contribution in [0.5, 0.6) is 0 Å². The highest BCUT2D eigenvalue weighted by Gasteiger charge is 2.29. The molecule has 4 rings (SSSR count). The quantitative estimate of drug-likeness (QED) is 0.467. The Kier molecular flexibility index (Phi) is 5.15. The Morgan fingerprint density at radius 1 is 1.18 bits per heavy atom. The highest BCUT2D eigenvalue weighted by molar-refractivity contribution is 7.80. The fourth-order valence-corrected chi connectivity index (χ4v) is 5.02. The van der Waals surface area contributed by atoms with Crippen molar-refractivity contribution in [3.05, 3.63) is 71.8 Å². The number of anilines is 2. The molecule has 1 atom stereocenters. The normalized spacial score (nSPS) is 15.2. The zero-order chi connectivity index (χ0) is 19.7. The molecule has 0 unspecified atom stereocenters. The van der Waals surface area contributed by atoms with Crippen molar-refractivity contribution in [3.8, 4) is 10.4 Å². The molecule has 6 heteroatoms. The van der Waals surface area contributed by atoms with Gasteiger partial charge in [0.25, 0.3) is 0 Å². The number of nitrogens with one attached hydrogen (secondary N) is 1. The number of thiocarbonyl (C=S) groups is 1. The van der Waals surface area contributed by atoms with Crippen molar-refractivity contribution in [2.24, 2.45) is 0 Å². The first-order valence-corrected chi connectivity index (χ1v) is 10.3. The Bertz CT molecular complexity index is 1030. The Morgan fingerprint density at radius 3 is 2.64 bits per heavy atom. The van der Waals surface area contributed by atoms with Crippen LogP contribution in [0, 0.1) is 0 Å². The lowest BCUT2D eigenvalue weighted by Gasteiger charge is -2.25. The molecule has 1 aliphatic rings. The summed E-state index contributed by atoms with van der Waals surface area (Å²) >= 11 is 7.23. The van der Waals surface area contributed by atoms with Gasteiger partial charge in [0.15, 0.2) is 5.11 Å². The van der Waals surface area contributed by atoms with Gasteiger partial charge in [-0.1, -0.05) is 48.5 Å². The lowest BCUT2D eigenvalue weighted by atomic mass is 10.1. The van der Waals surface area contributed by atoms with Gasteiger partial charge in [-0.3, -0.25) is 0 Å². The first-order valence-electron chi connectivity index (χ1n) is 9.04. The van der Waals surface area contributed by atoms with Crippen LogP contribution in [0.15, 0.2) is 60.7 Å². The minimum Gasteiger partial charge on any atom is -0.465 e. The number of rotatable bonds is 3. The minimum absolute atomic E-state index is 0.257. The van der Waals surface area contributed by atoms with E-state index in [1.807, 2.05) is 48.5 Å². The molecule has 28 heavy (non-hydrogen) atoms. The molecule has 0 radical (unpaired) electrons. The maximum absolute atomic E-state index is 12.3. The SMILES string of the molecule is COC(=O)c1cc(-c2ccccc2)sc1NC(=S)N1c2ccccc2C[C@@H]1C. The van der Waals surface area contributed by atoms with Gasteiger partial charge < -0.3 is 15.0 Å². The fraction of sp³-hybridized carbons (Fsp3) is 0.182. The number of ether oxygens (including phenoxy) is 1. The molecule has 0 spiro atoms. The maximum Gasteiger partial charge on any atom is 0.340 e. The smallest absolute Gasteiger partial charge is 0.340 e. The van der Waals surface area contributed by atoms with Crippen LogP contribution in [0.4, 0.5) is 10.7 Å². The molecule has 0 bridgehead atoms. The lowest BCUT2D eigenvalue weighted by molar-refractivity contribution is 0.0602. The minimum atomic E-state index is -0.376. The molecule has 1 aromatic heterocycles. The largest absolute Gasteiger partial charge is 0.465 e. The number of esters is 1. The number of nitrogens with zero attached hydrogens (tertiary/aromatic N) is 1. The van der Waals surface area contributed by atoms with Crippen LogP contribution in [0.1, 0.15) is 22.8 Å². The van der Waals surface area contributed by atoms with E-state index in [0.717, 1.165) is 22.5 Å². The Balaban J connectivity index is 1.66. The van der Waals surface area contributed by atoms with Crippen LogP contribution < -0.4 is 10.2 Å². The van der Waals surface area contributed by atoms with Crippen LogP contribution in [0.3, 0.4) is 0 Å². The summed E-state index contributed by atoms with van der Waals surface area (Å²) in [6.07, 6.45) is 0.946. The third-order valence-electron chi connectivity index (χ3n) is 4.84. The van der Waals surface area contributed by atoms with Crippen molar-refractivity contribution >= 4 is 45.3 Å². The first-order chi connectivity index (χ1) is 13.6.